The van der Waals surface area contributed by atoms with Gasteiger partial charge in [0, 0.05) is 0 Å². The topological polar surface area (TPSA) is 150 Å². The smallest absolute Gasteiger partial charge is 0.258 e. The van der Waals surface area contributed by atoms with Crippen LogP contribution in [-0.2, 0) is 18.7 Å². The standard InChI is InChI=1S/C8H20NO6P.C8H5NO2/c9-16(11)15-8-7-14-6-5-13-4-3-12-2-1-10;10-7-5-3-1-2-4-6(5)8(11)9-7/h10-11H,1-9H2;1-4H,(H,9,10,11). The van der Waals surface area contributed by atoms with Crippen LogP contribution in [0.25, 0.3) is 0 Å². The van der Waals surface area contributed by atoms with Crippen LogP contribution in [0.5, 0.6) is 0 Å². The Labute approximate surface area is 158 Å². The lowest BCUT2D eigenvalue weighted by Gasteiger charge is -2.07. The van der Waals surface area contributed by atoms with Crippen molar-refractivity contribution in [3.63, 3.8) is 0 Å². The number of carbonyl (C=O) groups is 2. The number of nitrogens with one attached hydrogen (secondary N) is 1. The van der Waals surface area contributed by atoms with Gasteiger partial charge in [-0.3, -0.25) is 20.4 Å². The third kappa shape index (κ3) is 10.4. The molecule has 1 heterocycles. The predicted octanol–water partition coefficient (Wildman–Crippen LogP) is -0.207. The summed E-state index contributed by atoms with van der Waals surface area (Å²) in [7, 11) is -1.78. The summed E-state index contributed by atoms with van der Waals surface area (Å²) < 4.78 is 20.0. The Bertz CT molecular complexity index is 540. The molecule has 27 heavy (non-hydrogen) atoms. The number of fused-ring (bicyclic) bond motifs is 1. The number of benzene rings is 1. The summed E-state index contributed by atoms with van der Waals surface area (Å²) >= 11 is 0. The van der Waals surface area contributed by atoms with E-state index in [-0.39, 0.29) is 25.0 Å². The van der Waals surface area contributed by atoms with Gasteiger partial charge in [0.2, 0.25) is 8.53 Å². The van der Waals surface area contributed by atoms with Crippen LogP contribution in [0, 0.1) is 0 Å². The van der Waals surface area contributed by atoms with E-state index in [2.05, 4.69) is 5.32 Å². The van der Waals surface area contributed by atoms with Crippen molar-refractivity contribution in [2.75, 3.05) is 52.9 Å². The SMILES string of the molecule is NP(O)OCCOCCOCCOCCO.O=C1NC(=O)c2ccccc21. The number of rotatable bonds is 12. The maximum absolute atomic E-state index is 10.9. The molecule has 2 rings (SSSR count). The molecular weight excluding hydrogens is 379 g/mol. The molecule has 1 unspecified atom stereocenters. The zero-order valence-corrected chi connectivity index (χ0v) is 15.7. The average molecular weight is 404 g/mol. The van der Waals surface area contributed by atoms with Crippen LogP contribution < -0.4 is 10.8 Å². The normalized spacial score (nSPS) is 13.6. The van der Waals surface area contributed by atoms with E-state index in [0.717, 1.165) is 0 Å². The maximum atomic E-state index is 10.9. The highest BCUT2D eigenvalue weighted by Crippen LogP contribution is 2.18. The molecule has 2 amide bonds. The van der Waals surface area contributed by atoms with Crippen molar-refractivity contribution in [2.45, 2.75) is 0 Å². The van der Waals surface area contributed by atoms with E-state index in [9.17, 15) is 9.59 Å². The lowest BCUT2D eigenvalue weighted by Crippen LogP contribution is -2.19. The van der Waals surface area contributed by atoms with E-state index in [0.29, 0.717) is 50.8 Å². The van der Waals surface area contributed by atoms with Gasteiger partial charge < -0.3 is 28.7 Å². The monoisotopic (exact) mass is 404 g/mol. The zero-order chi connectivity index (χ0) is 19.9. The fourth-order valence-electron chi connectivity index (χ4n) is 1.91. The van der Waals surface area contributed by atoms with E-state index < -0.39 is 8.53 Å². The Hall–Kier alpha value is -1.49. The van der Waals surface area contributed by atoms with Crippen molar-refractivity contribution in [2.24, 2.45) is 5.50 Å². The minimum atomic E-state index is -1.78. The van der Waals surface area contributed by atoms with E-state index in [1.54, 1.807) is 24.3 Å². The quantitative estimate of drug-likeness (QED) is 0.211. The van der Waals surface area contributed by atoms with Crippen molar-refractivity contribution in [3.05, 3.63) is 35.4 Å². The highest BCUT2D eigenvalue weighted by Gasteiger charge is 2.25. The molecule has 0 radical (unpaired) electrons. The molecule has 152 valence electrons. The summed E-state index contributed by atoms with van der Waals surface area (Å²) in [5, 5.41) is 10.6. The molecule has 0 fully saturated rings. The van der Waals surface area contributed by atoms with Crippen molar-refractivity contribution < 1.29 is 38.3 Å². The molecule has 10 nitrogen and oxygen atoms in total. The van der Waals surface area contributed by atoms with Gasteiger partial charge in [-0.05, 0) is 12.1 Å². The second-order valence-corrected chi connectivity index (χ2v) is 5.89. The molecule has 11 heteroatoms. The fourth-order valence-corrected chi connectivity index (χ4v) is 2.17. The van der Waals surface area contributed by atoms with Crippen LogP contribution in [0.4, 0.5) is 0 Å². The minimum absolute atomic E-state index is 0.0254. The number of nitrogens with two attached hydrogens (primary N) is 1. The molecule has 1 aromatic carbocycles. The van der Waals surface area contributed by atoms with Crippen LogP contribution in [0.15, 0.2) is 24.3 Å². The lowest BCUT2D eigenvalue weighted by molar-refractivity contribution is 0.00369. The summed E-state index contributed by atoms with van der Waals surface area (Å²) in [5.74, 6) is -0.601. The molecule has 1 aliphatic rings. The van der Waals surface area contributed by atoms with Gasteiger partial charge in [-0.15, -0.1) is 0 Å². The second-order valence-electron chi connectivity index (χ2n) is 5.03. The molecule has 1 aromatic rings. The molecule has 1 atom stereocenters. The molecule has 0 spiro atoms. The summed E-state index contributed by atoms with van der Waals surface area (Å²) in [6.45, 7) is 2.88. The minimum Gasteiger partial charge on any atom is -0.394 e. The fraction of sp³-hybridized carbons (Fsp3) is 0.500. The first-order valence-electron chi connectivity index (χ1n) is 8.21. The van der Waals surface area contributed by atoms with Crippen molar-refractivity contribution in [1.29, 1.82) is 0 Å². The highest BCUT2D eigenvalue weighted by molar-refractivity contribution is 7.43. The number of aliphatic hydroxyl groups is 1. The number of hydrogen-bond acceptors (Lipinski definition) is 9. The van der Waals surface area contributed by atoms with E-state index in [1.807, 2.05) is 0 Å². The van der Waals surface area contributed by atoms with Crippen LogP contribution >= 0.6 is 8.53 Å². The molecular formula is C16H25N2O8P. The maximum Gasteiger partial charge on any atom is 0.258 e. The van der Waals surface area contributed by atoms with Gasteiger partial charge in [0.1, 0.15) is 0 Å². The number of imide groups is 1. The van der Waals surface area contributed by atoms with Crippen LogP contribution in [-0.4, -0.2) is 74.7 Å². The first-order valence-corrected chi connectivity index (χ1v) is 9.49. The molecule has 0 bridgehead atoms. The summed E-state index contributed by atoms with van der Waals surface area (Å²) in [6.07, 6.45) is 0. The number of aliphatic hydroxyl groups excluding tert-OH is 1. The van der Waals surface area contributed by atoms with E-state index >= 15 is 0 Å². The predicted molar refractivity (Wildman–Crippen MR) is 97.1 cm³/mol. The summed E-state index contributed by atoms with van der Waals surface area (Å²) in [6, 6.07) is 6.74. The van der Waals surface area contributed by atoms with Gasteiger partial charge in [0.05, 0.1) is 64.0 Å². The van der Waals surface area contributed by atoms with Crippen LogP contribution in [0.1, 0.15) is 20.7 Å². The number of ether oxygens (including phenoxy) is 3. The number of amides is 2. The van der Waals surface area contributed by atoms with Crippen LogP contribution in [0.3, 0.4) is 0 Å². The van der Waals surface area contributed by atoms with Crippen molar-refractivity contribution in [1.82, 2.24) is 5.32 Å². The summed E-state index contributed by atoms with van der Waals surface area (Å²) in [4.78, 5) is 30.5. The van der Waals surface area contributed by atoms with Gasteiger partial charge in [0.15, 0.2) is 0 Å². The molecule has 0 saturated heterocycles. The van der Waals surface area contributed by atoms with Crippen molar-refractivity contribution in [3.8, 4) is 0 Å². The van der Waals surface area contributed by atoms with Crippen molar-refractivity contribution >= 4 is 20.3 Å². The first kappa shape index (κ1) is 23.5. The van der Waals surface area contributed by atoms with E-state index in [4.69, 9.17) is 34.2 Å². The Morgan fingerprint density at radius 1 is 0.852 bits per heavy atom. The molecule has 0 saturated carbocycles. The zero-order valence-electron chi connectivity index (χ0n) is 14.8. The molecule has 1 aliphatic heterocycles. The summed E-state index contributed by atoms with van der Waals surface area (Å²) in [5.41, 5.74) is 5.94. The second kappa shape index (κ2) is 14.6. The van der Waals surface area contributed by atoms with E-state index in [1.165, 1.54) is 0 Å². The lowest BCUT2D eigenvalue weighted by atomic mass is 10.1. The van der Waals surface area contributed by atoms with Crippen LogP contribution in [0.2, 0.25) is 0 Å². The van der Waals surface area contributed by atoms with Gasteiger partial charge in [-0.25, -0.2) is 0 Å². The van der Waals surface area contributed by atoms with Gasteiger partial charge in [-0.1, -0.05) is 12.1 Å². The molecule has 5 N–H and O–H groups in total. The average Bonchev–Trinajstić information content (AvgIpc) is 2.94. The Morgan fingerprint density at radius 2 is 1.30 bits per heavy atom. The molecule has 0 aliphatic carbocycles. The largest absolute Gasteiger partial charge is 0.394 e. The van der Waals surface area contributed by atoms with Gasteiger partial charge in [-0.2, -0.15) is 0 Å². The van der Waals surface area contributed by atoms with Gasteiger partial charge >= 0.3 is 0 Å². The third-order valence-corrected chi connectivity index (χ3v) is 3.52. The third-order valence-electron chi connectivity index (χ3n) is 3.07. The van der Waals surface area contributed by atoms with Gasteiger partial charge in [0.25, 0.3) is 11.8 Å². The Balaban J connectivity index is 0.000000285. The number of hydrogen-bond donors (Lipinski definition) is 4. The Kier molecular flexibility index (Phi) is 12.7. The number of carbonyl (C=O) groups excluding carboxylic acids is 2. The Morgan fingerprint density at radius 3 is 1.74 bits per heavy atom. The molecule has 0 aromatic heterocycles. The highest BCUT2D eigenvalue weighted by atomic mass is 31.2. The first-order chi connectivity index (χ1) is 13.1.